The predicted octanol–water partition coefficient (Wildman–Crippen LogP) is 4.45. The number of nitrogens with zero attached hydrogens (tertiary/aromatic N) is 4. The Labute approximate surface area is 444 Å². The van der Waals surface area contributed by atoms with Gasteiger partial charge in [-0.25, -0.2) is 9.78 Å². The largest absolute Gasteiger partial charge is 0.481 e. The second-order valence-electron chi connectivity index (χ2n) is 19.8. The number of hydrogen-bond acceptors (Lipinski definition) is 13. The molecule has 0 saturated carbocycles. The number of aromatic nitrogens is 1. The number of benzene rings is 1. The van der Waals surface area contributed by atoms with E-state index < -0.39 is 60.0 Å². The van der Waals surface area contributed by atoms with Crippen molar-refractivity contribution in [2.75, 3.05) is 46.2 Å². The molecule has 22 heteroatoms. The van der Waals surface area contributed by atoms with Gasteiger partial charge in [0.25, 0.3) is 17.7 Å². The topological polar surface area (TPSA) is 292 Å². The number of ether oxygens (including phenoxy) is 1. The first kappa shape index (κ1) is 61.0. The van der Waals surface area contributed by atoms with E-state index in [1.165, 1.54) is 30.6 Å². The van der Waals surface area contributed by atoms with Crippen LogP contribution in [0.2, 0.25) is 0 Å². The van der Waals surface area contributed by atoms with Crippen LogP contribution in [0.25, 0.3) is 0 Å². The molecule has 8 atom stereocenters. The molecule has 1 saturated heterocycles. The SMILES string of the molecule is C=C(C)C(CC(OC)c1nc(C(=O)NC(Cc2ccc(NC(=O)C(CCCNC(N)=O)NC(=O)CCCCCN3C(=O)C=CC3=O)cc2)CC(C)C(=O)O)cs1)N(C)C(=O)C(NC(=O)C1CCCCN1C)C(C)CC. The van der Waals surface area contributed by atoms with Crippen molar-refractivity contribution in [3.05, 3.63) is 70.2 Å². The van der Waals surface area contributed by atoms with E-state index in [-0.39, 0.29) is 92.4 Å². The van der Waals surface area contributed by atoms with Crippen molar-refractivity contribution in [3.63, 3.8) is 0 Å². The summed E-state index contributed by atoms with van der Waals surface area (Å²) in [5.74, 6) is -4.52. The minimum atomic E-state index is -1.03. The Balaban J connectivity index is 1.39. The average Bonchev–Trinajstić information content (AvgIpc) is 3.99. The molecule has 0 spiro atoms. The molecule has 1 fully saturated rings. The molecule has 1 aromatic carbocycles. The number of aliphatic carboxylic acids is 1. The first-order valence-electron chi connectivity index (χ1n) is 25.8. The summed E-state index contributed by atoms with van der Waals surface area (Å²) < 4.78 is 5.91. The molecule has 75 heavy (non-hydrogen) atoms. The molecule has 0 aliphatic carbocycles. The van der Waals surface area contributed by atoms with Gasteiger partial charge in [-0.1, -0.05) is 64.3 Å². The van der Waals surface area contributed by atoms with Crippen molar-refractivity contribution < 1.29 is 53.0 Å². The first-order chi connectivity index (χ1) is 35.6. The highest BCUT2D eigenvalue weighted by molar-refractivity contribution is 7.09. The third kappa shape index (κ3) is 19.0. The Morgan fingerprint density at radius 2 is 1.67 bits per heavy atom. The summed E-state index contributed by atoms with van der Waals surface area (Å²) >= 11 is 1.21. The van der Waals surface area contributed by atoms with E-state index in [0.29, 0.717) is 48.4 Å². The zero-order valence-corrected chi connectivity index (χ0v) is 45.3. The van der Waals surface area contributed by atoms with Gasteiger partial charge in [-0.05, 0) is 95.5 Å². The quantitative estimate of drug-likeness (QED) is 0.0313. The van der Waals surface area contributed by atoms with E-state index in [1.54, 1.807) is 48.5 Å². The van der Waals surface area contributed by atoms with Crippen LogP contribution in [-0.2, 0) is 44.7 Å². The molecule has 4 rings (SSSR count). The lowest BCUT2D eigenvalue weighted by Gasteiger charge is -2.37. The number of methoxy groups -OCH3 is 1. The van der Waals surface area contributed by atoms with Crippen molar-refractivity contribution in [2.45, 2.75) is 147 Å². The lowest BCUT2D eigenvalue weighted by molar-refractivity contribution is -0.141. The number of carboxylic acid groups (broad SMARTS) is 1. The fourth-order valence-electron chi connectivity index (χ4n) is 9.10. The number of amides is 9. The van der Waals surface area contributed by atoms with E-state index in [0.717, 1.165) is 36.3 Å². The molecule has 9 amide bonds. The highest BCUT2D eigenvalue weighted by Crippen LogP contribution is 2.30. The molecule has 2 aromatic rings. The van der Waals surface area contributed by atoms with E-state index in [4.69, 9.17) is 10.5 Å². The smallest absolute Gasteiger partial charge is 0.312 e. The van der Waals surface area contributed by atoms with Gasteiger partial charge < -0.3 is 47.1 Å². The van der Waals surface area contributed by atoms with Gasteiger partial charge in [0.05, 0.1) is 18.0 Å². The van der Waals surface area contributed by atoms with Gasteiger partial charge in [0.15, 0.2) is 0 Å². The Morgan fingerprint density at radius 1 is 0.973 bits per heavy atom. The fourth-order valence-corrected chi connectivity index (χ4v) is 9.98. The van der Waals surface area contributed by atoms with E-state index in [1.807, 2.05) is 32.7 Å². The maximum Gasteiger partial charge on any atom is 0.312 e. The van der Waals surface area contributed by atoms with Crippen molar-refractivity contribution in [2.24, 2.45) is 17.6 Å². The highest BCUT2D eigenvalue weighted by atomic mass is 32.1. The summed E-state index contributed by atoms with van der Waals surface area (Å²) in [5.41, 5.74) is 7.13. The summed E-state index contributed by atoms with van der Waals surface area (Å²) in [6.07, 6.45) is 7.92. The lowest BCUT2D eigenvalue weighted by atomic mass is 9.94. The van der Waals surface area contributed by atoms with Crippen molar-refractivity contribution in [3.8, 4) is 0 Å². The molecule has 412 valence electrons. The van der Waals surface area contributed by atoms with E-state index in [9.17, 15) is 48.3 Å². The summed E-state index contributed by atoms with van der Waals surface area (Å²) in [6, 6.07) is 2.90. The number of nitrogens with one attached hydrogen (secondary N) is 5. The normalized spacial score (nSPS) is 17.4. The maximum atomic E-state index is 14.2. The predicted molar refractivity (Wildman–Crippen MR) is 284 cm³/mol. The number of likely N-dealkylation sites (N-methyl/N-ethyl adjacent to an activating group) is 2. The monoisotopic (exact) mass is 1060 g/mol. The number of thiazole rings is 1. The Kier molecular flexibility index (Phi) is 24.5. The molecule has 2 aliphatic rings. The Morgan fingerprint density at radius 3 is 2.28 bits per heavy atom. The molecular weight excluding hydrogens is 985 g/mol. The average molecular weight is 1060 g/mol. The number of hydrogen-bond donors (Lipinski definition) is 7. The van der Waals surface area contributed by atoms with Crippen LogP contribution in [0.15, 0.2) is 53.9 Å². The van der Waals surface area contributed by atoms with Crippen molar-refractivity contribution in [1.29, 1.82) is 0 Å². The number of rotatable bonds is 31. The van der Waals surface area contributed by atoms with Crippen LogP contribution >= 0.6 is 11.3 Å². The second-order valence-corrected chi connectivity index (χ2v) is 20.7. The van der Waals surface area contributed by atoms with Crippen LogP contribution in [-0.4, -0.2) is 149 Å². The van der Waals surface area contributed by atoms with E-state index in [2.05, 4.69) is 38.1 Å². The summed E-state index contributed by atoms with van der Waals surface area (Å²) in [5, 5.41) is 26.0. The van der Waals surface area contributed by atoms with E-state index >= 15 is 0 Å². The zero-order valence-electron chi connectivity index (χ0n) is 44.5. The number of urea groups is 1. The fraction of sp³-hybridized carbons (Fsp3) is 0.585. The van der Waals surface area contributed by atoms with Gasteiger partial charge >= 0.3 is 12.0 Å². The third-order valence-electron chi connectivity index (χ3n) is 13.9. The van der Waals surface area contributed by atoms with Crippen LogP contribution in [0.3, 0.4) is 0 Å². The number of carbonyl (C=O) groups excluding carboxylic acids is 8. The molecular formula is C53H78N10O11S. The van der Waals surface area contributed by atoms with Crippen molar-refractivity contribution >= 4 is 70.4 Å². The van der Waals surface area contributed by atoms with Crippen LogP contribution < -0.4 is 32.3 Å². The second kappa shape index (κ2) is 30.1. The minimum Gasteiger partial charge on any atom is -0.481 e. The number of nitrogens with two attached hydrogens (primary N) is 1. The van der Waals surface area contributed by atoms with Gasteiger partial charge in [0.2, 0.25) is 23.6 Å². The van der Waals surface area contributed by atoms with Gasteiger partial charge in [-0.15, -0.1) is 11.3 Å². The zero-order chi connectivity index (χ0) is 55.4. The number of piperidine rings is 1. The highest BCUT2D eigenvalue weighted by Gasteiger charge is 2.36. The molecule has 8 unspecified atom stereocenters. The van der Waals surface area contributed by atoms with Crippen LogP contribution in [0.1, 0.15) is 132 Å². The first-order valence-corrected chi connectivity index (χ1v) is 26.7. The number of anilines is 1. The molecule has 0 radical (unpaired) electrons. The summed E-state index contributed by atoms with van der Waals surface area (Å²) in [6.45, 7) is 12.7. The van der Waals surface area contributed by atoms with Gasteiger partial charge in [0.1, 0.15) is 28.9 Å². The number of carboxylic acids is 1. The van der Waals surface area contributed by atoms with Gasteiger partial charge in [-0.3, -0.25) is 48.2 Å². The van der Waals surface area contributed by atoms with Crippen LogP contribution in [0, 0.1) is 11.8 Å². The van der Waals surface area contributed by atoms with Crippen LogP contribution in [0.5, 0.6) is 0 Å². The molecule has 1 aromatic heterocycles. The molecule has 8 N–H and O–H groups in total. The lowest BCUT2D eigenvalue weighted by Crippen LogP contribution is -2.57. The molecule has 3 heterocycles. The Bertz CT molecular complexity index is 2340. The third-order valence-corrected chi connectivity index (χ3v) is 14.8. The summed E-state index contributed by atoms with van der Waals surface area (Å²) in [4.78, 5) is 124. The van der Waals surface area contributed by atoms with Crippen LogP contribution in [0.4, 0.5) is 10.5 Å². The van der Waals surface area contributed by atoms with Gasteiger partial charge in [0, 0.05) is 69.3 Å². The number of imide groups is 1. The number of likely N-dealkylation sites (tertiary alicyclic amines) is 1. The standard InChI is InChI=1S/C53H78N10O11S/c1-9-33(4)46(60-49(69)40-17-12-14-26-61(40)6)51(70)62(7)41(32(2)3)30-42(74-8)50-59-39(31-75-50)48(68)57-37(28-34(5)52(71)72)29-35-19-21-36(22-20-35)56-47(67)38(16-15-25-55-53(54)73)58-43(64)18-11-10-13-27-63-44(65)23-24-45(63)66/h19-24,31,33-34,37-38,40-42,46H,2,9-18,25-30H2,1,3-8H3,(H,56,67)(H,57,68)(H,58,64)(H,60,69)(H,71,72)(H3,54,55,73). The minimum absolute atomic E-state index is 0.0919. The number of unbranched alkanes of at least 4 members (excludes halogenated alkanes) is 2. The maximum absolute atomic E-state index is 14.2. The summed E-state index contributed by atoms with van der Waals surface area (Å²) in [7, 11) is 5.14. The Hall–Kier alpha value is -6.52. The van der Waals surface area contributed by atoms with Gasteiger partial charge in [-0.2, -0.15) is 0 Å². The number of carbonyl (C=O) groups is 9. The molecule has 21 nitrogen and oxygen atoms in total. The van der Waals surface area contributed by atoms with Crippen molar-refractivity contribution in [1.82, 2.24) is 41.0 Å². The molecule has 0 bridgehead atoms. The molecule has 2 aliphatic heterocycles. The number of primary amides is 1.